The Morgan fingerprint density at radius 1 is 1.28 bits per heavy atom. The molecule has 1 amide bonds. The van der Waals surface area contributed by atoms with Crippen LogP contribution in [0.3, 0.4) is 0 Å². The zero-order chi connectivity index (χ0) is 24.1. The second kappa shape index (κ2) is 10.8. The molecule has 2 heterocycles. The van der Waals surface area contributed by atoms with Gasteiger partial charge in [-0.2, -0.15) is 13.2 Å². The standard InChI is InChI=1S/C13H13F5O.C8H10N2O3/c1-6-8(3-4-10(14)11(6)15)9-5-19-12(7(9)2)13(16,17)18;11-4-8(13)7-2-1-6(3-9-7)10-5-12/h3-4,7,9,12H,5H2,1-2H3;1-3,5,8,11,13H,4H2,(H,10,12). The maximum absolute atomic E-state index is 13.5. The molecule has 1 aromatic heterocycles. The van der Waals surface area contributed by atoms with Gasteiger partial charge in [0.1, 0.15) is 6.10 Å². The van der Waals surface area contributed by atoms with Crippen molar-refractivity contribution in [3.8, 4) is 0 Å². The smallest absolute Gasteiger partial charge is 0.393 e. The number of ether oxygens (including phenoxy) is 1. The van der Waals surface area contributed by atoms with Crippen LogP contribution in [0.5, 0.6) is 0 Å². The second-order valence-electron chi connectivity index (χ2n) is 7.27. The number of aliphatic hydroxyl groups is 2. The first-order valence-corrected chi connectivity index (χ1v) is 9.59. The summed E-state index contributed by atoms with van der Waals surface area (Å²) in [6.45, 7) is 2.27. The normalized spacial score (nSPS) is 21.5. The van der Waals surface area contributed by atoms with Gasteiger partial charge in [-0.05, 0) is 36.2 Å². The number of benzene rings is 1. The van der Waals surface area contributed by atoms with Crippen molar-refractivity contribution < 1.29 is 41.7 Å². The van der Waals surface area contributed by atoms with E-state index in [9.17, 15) is 26.7 Å². The quantitative estimate of drug-likeness (QED) is 0.466. The number of hydrogen-bond donors (Lipinski definition) is 3. The molecule has 0 aliphatic carbocycles. The van der Waals surface area contributed by atoms with Gasteiger partial charge in [0, 0.05) is 11.8 Å². The van der Waals surface area contributed by atoms with Crippen LogP contribution in [0.25, 0.3) is 0 Å². The van der Waals surface area contributed by atoms with Crippen molar-refractivity contribution >= 4 is 12.1 Å². The molecule has 32 heavy (non-hydrogen) atoms. The number of pyridine rings is 1. The van der Waals surface area contributed by atoms with Crippen LogP contribution in [0.2, 0.25) is 0 Å². The zero-order valence-corrected chi connectivity index (χ0v) is 17.2. The summed E-state index contributed by atoms with van der Waals surface area (Å²) in [7, 11) is 0. The molecule has 0 spiro atoms. The highest BCUT2D eigenvalue weighted by molar-refractivity contribution is 5.70. The van der Waals surface area contributed by atoms with Gasteiger partial charge < -0.3 is 20.3 Å². The van der Waals surface area contributed by atoms with Gasteiger partial charge in [-0.15, -0.1) is 0 Å². The van der Waals surface area contributed by atoms with Crippen molar-refractivity contribution in [2.75, 3.05) is 18.5 Å². The highest BCUT2D eigenvalue weighted by Gasteiger charge is 2.51. The molecule has 4 unspecified atom stereocenters. The molecule has 1 aromatic carbocycles. The first-order chi connectivity index (χ1) is 15.0. The minimum Gasteiger partial charge on any atom is -0.393 e. The molecule has 2 aromatic rings. The minimum absolute atomic E-state index is 0.0447. The molecule has 0 bridgehead atoms. The van der Waals surface area contributed by atoms with E-state index in [0.29, 0.717) is 23.4 Å². The maximum atomic E-state index is 13.5. The maximum Gasteiger partial charge on any atom is 0.414 e. The fourth-order valence-corrected chi connectivity index (χ4v) is 3.41. The number of halogens is 5. The number of anilines is 1. The highest BCUT2D eigenvalue weighted by Crippen LogP contribution is 2.43. The average molecular weight is 462 g/mol. The third kappa shape index (κ3) is 5.99. The zero-order valence-electron chi connectivity index (χ0n) is 17.2. The molecule has 3 rings (SSSR count). The first-order valence-electron chi connectivity index (χ1n) is 9.59. The summed E-state index contributed by atoms with van der Waals surface area (Å²) in [5, 5.41) is 20.2. The van der Waals surface area contributed by atoms with E-state index in [1.54, 1.807) is 6.07 Å². The van der Waals surface area contributed by atoms with Crippen molar-refractivity contribution in [1.82, 2.24) is 4.98 Å². The van der Waals surface area contributed by atoms with Crippen LogP contribution in [0.15, 0.2) is 30.5 Å². The van der Waals surface area contributed by atoms with E-state index in [4.69, 9.17) is 14.9 Å². The summed E-state index contributed by atoms with van der Waals surface area (Å²) in [5.74, 6) is -3.43. The number of rotatable bonds is 5. The molecule has 11 heteroatoms. The van der Waals surface area contributed by atoms with E-state index in [2.05, 4.69) is 10.3 Å². The lowest BCUT2D eigenvalue weighted by atomic mass is 9.84. The van der Waals surface area contributed by atoms with Crippen LogP contribution in [0.1, 0.15) is 35.8 Å². The van der Waals surface area contributed by atoms with Gasteiger partial charge in [0.2, 0.25) is 6.41 Å². The molecular formula is C21H23F5N2O4. The van der Waals surface area contributed by atoms with E-state index in [1.165, 1.54) is 32.2 Å². The van der Waals surface area contributed by atoms with Crippen molar-refractivity contribution in [3.05, 3.63) is 58.9 Å². The van der Waals surface area contributed by atoms with Crippen molar-refractivity contribution in [2.24, 2.45) is 5.92 Å². The van der Waals surface area contributed by atoms with Crippen LogP contribution in [0, 0.1) is 24.5 Å². The number of hydrogen-bond acceptors (Lipinski definition) is 5. The summed E-state index contributed by atoms with van der Waals surface area (Å²) in [6, 6.07) is 5.39. The molecule has 1 aliphatic rings. The SMILES string of the molecule is Cc1c(C2COC(C(F)(F)F)C2C)ccc(F)c1F.O=CNc1ccc(C(O)CO)nc1. The second-order valence-corrected chi connectivity index (χ2v) is 7.27. The molecule has 176 valence electrons. The topological polar surface area (TPSA) is 91.7 Å². The summed E-state index contributed by atoms with van der Waals surface area (Å²) in [5.41, 5.74) is 1.34. The van der Waals surface area contributed by atoms with Crippen molar-refractivity contribution in [1.29, 1.82) is 0 Å². The Morgan fingerprint density at radius 3 is 2.47 bits per heavy atom. The lowest BCUT2D eigenvalue weighted by molar-refractivity contribution is -0.215. The van der Waals surface area contributed by atoms with Crippen molar-refractivity contribution in [3.63, 3.8) is 0 Å². The van der Waals surface area contributed by atoms with Gasteiger partial charge in [-0.1, -0.05) is 13.0 Å². The number of aliphatic hydroxyl groups excluding tert-OH is 2. The summed E-state index contributed by atoms with van der Waals surface area (Å²) < 4.78 is 69.3. The number of carbonyl (C=O) groups excluding carboxylic acids is 1. The Morgan fingerprint density at radius 2 is 1.97 bits per heavy atom. The predicted molar refractivity (Wildman–Crippen MR) is 105 cm³/mol. The number of carbonyl (C=O) groups is 1. The monoisotopic (exact) mass is 462 g/mol. The van der Waals surface area contributed by atoms with Crippen LogP contribution in [-0.2, 0) is 9.53 Å². The molecular weight excluding hydrogens is 439 g/mol. The van der Waals surface area contributed by atoms with Gasteiger partial charge in [-0.25, -0.2) is 8.78 Å². The van der Waals surface area contributed by atoms with Crippen molar-refractivity contribution in [2.45, 2.75) is 38.1 Å². The van der Waals surface area contributed by atoms with E-state index < -0.39 is 41.9 Å². The van der Waals surface area contributed by atoms with Crippen LogP contribution < -0.4 is 5.32 Å². The predicted octanol–water partition coefficient (Wildman–Crippen LogP) is 3.63. The molecule has 3 N–H and O–H groups in total. The third-order valence-corrected chi connectivity index (χ3v) is 5.20. The Kier molecular flexibility index (Phi) is 8.65. The molecule has 1 saturated heterocycles. The molecule has 1 fully saturated rings. The molecule has 6 nitrogen and oxygen atoms in total. The molecule has 1 aliphatic heterocycles. The number of aromatic nitrogens is 1. The Bertz CT molecular complexity index is 908. The molecule has 0 radical (unpaired) electrons. The van der Waals surface area contributed by atoms with Crippen LogP contribution in [0.4, 0.5) is 27.6 Å². The summed E-state index contributed by atoms with van der Waals surface area (Å²) >= 11 is 0. The minimum atomic E-state index is -4.44. The summed E-state index contributed by atoms with van der Waals surface area (Å²) in [6.07, 6.45) is -5.32. The van der Waals surface area contributed by atoms with E-state index in [0.717, 1.165) is 6.07 Å². The third-order valence-electron chi connectivity index (χ3n) is 5.20. The lowest BCUT2D eigenvalue weighted by Crippen LogP contribution is -2.33. The van der Waals surface area contributed by atoms with Gasteiger partial charge in [0.15, 0.2) is 17.7 Å². The number of alkyl halides is 3. The average Bonchev–Trinajstić information content (AvgIpc) is 3.14. The summed E-state index contributed by atoms with van der Waals surface area (Å²) in [4.78, 5) is 13.9. The fraction of sp³-hybridized carbons (Fsp3) is 0.429. The number of amides is 1. The lowest BCUT2D eigenvalue weighted by Gasteiger charge is -2.22. The Labute approximate surface area is 181 Å². The number of nitrogens with zero attached hydrogens (tertiary/aromatic N) is 1. The van der Waals surface area contributed by atoms with E-state index >= 15 is 0 Å². The first kappa shape index (κ1) is 25.6. The van der Waals surface area contributed by atoms with Gasteiger partial charge in [0.05, 0.1) is 30.8 Å². The van der Waals surface area contributed by atoms with Gasteiger partial charge in [0.25, 0.3) is 0 Å². The largest absolute Gasteiger partial charge is 0.414 e. The molecule has 0 saturated carbocycles. The van der Waals surface area contributed by atoms with E-state index in [1.807, 2.05) is 0 Å². The Balaban J connectivity index is 0.000000244. The Hall–Kier alpha value is -2.63. The fourth-order valence-electron chi connectivity index (χ4n) is 3.41. The van der Waals surface area contributed by atoms with Crippen LogP contribution >= 0.6 is 0 Å². The molecule has 4 atom stereocenters. The van der Waals surface area contributed by atoms with E-state index in [-0.39, 0.29) is 18.8 Å². The van der Waals surface area contributed by atoms with Crippen LogP contribution in [-0.4, -0.2) is 47.1 Å². The highest BCUT2D eigenvalue weighted by atomic mass is 19.4. The van der Waals surface area contributed by atoms with Gasteiger partial charge >= 0.3 is 6.18 Å². The van der Waals surface area contributed by atoms with Gasteiger partial charge in [-0.3, -0.25) is 9.78 Å². The number of nitrogens with one attached hydrogen (secondary N) is 1.